The first-order valence-electron chi connectivity index (χ1n) is 20.0. The molecule has 2 heteroatoms. The van der Waals surface area contributed by atoms with Gasteiger partial charge in [-0.3, -0.25) is 0 Å². The number of unbranched alkanes of at least 4 members (excludes halogenated alkanes) is 34. The van der Waals surface area contributed by atoms with Crippen molar-refractivity contribution in [2.24, 2.45) is 0 Å². The van der Waals surface area contributed by atoms with E-state index in [0.29, 0.717) is 0 Å². The number of halogens is 1. The van der Waals surface area contributed by atoms with E-state index in [4.69, 9.17) is 11.2 Å². The summed E-state index contributed by atoms with van der Waals surface area (Å²) in [5.74, 6) is -1.77. The molecule has 0 N–H and O–H groups in total. The minimum atomic E-state index is -1.77. The molecule has 0 aromatic carbocycles. The van der Waals surface area contributed by atoms with Crippen LogP contribution in [0.25, 0.3) is 0 Å². The quantitative estimate of drug-likeness (QED) is 0.0477. The van der Waals surface area contributed by atoms with Crippen molar-refractivity contribution in [1.29, 1.82) is 0 Å². The van der Waals surface area contributed by atoms with E-state index in [-0.39, 0.29) is 0 Å². The van der Waals surface area contributed by atoms with Gasteiger partial charge in [0.25, 0.3) is 0 Å². The van der Waals surface area contributed by atoms with E-state index in [1.54, 1.807) is 0 Å². The summed E-state index contributed by atoms with van der Waals surface area (Å²) in [6, 6.07) is 0. The fourth-order valence-corrected chi connectivity index (χ4v) is 8.20. The third-order valence-electron chi connectivity index (χ3n) is 9.52. The van der Waals surface area contributed by atoms with Crippen LogP contribution in [0.15, 0.2) is 0 Å². The zero-order chi connectivity index (χ0) is 30.9. The summed E-state index contributed by atoms with van der Waals surface area (Å²) in [7, 11) is 0. The van der Waals surface area contributed by atoms with Gasteiger partial charge in [-0.1, -0.05) is 161 Å². The van der Waals surface area contributed by atoms with Gasteiger partial charge in [-0.2, -0.15) is 0 Å². The van der Waals surface area contributed by atoms with Crippen LogP contribution >= 0.6 is 17.2 Å². The number of hydrogen-bond acceptors (Lipinski definition) is 0. The molecular formula is C40H84ClP. The Morgan fingerprint density at radius 1 is 0.262 bits per heavy atom. The van der Waals surface area contributed by atoms with Crippen LogP contribution < -0.4 is 0 Å². The summed E-state index contributed by atoms with van der Waals surface area (Å²) in [6.45, 7) is 9.18. The van der Waals surface area contributed by atoms with Gasteiger partial charge in [-0.15, -0.1) is 0 Å². The second-order valence-electron chi connectivity index (χ2n) is 15.7. The molecule has 0 aromatic heterocycles. The van der Waals surface area contributed by atoms with Crippen molar-refractivity contribution in [3.63, 3.8) is 0 Å². The summed E-state index contributed by atoms with van der Waals surface area (Å²) < 4.78 is 0. The maximum atomic E-state index is 6.65. The van der Waals surface area contributed by atoms with Gasteiger partial charge in [-0.05, 0) is 0 Å². The van der Waals surface area contributed by atoms with Gasteiger partial charge in [0.1, 0.15) is 0 Å². The van der Waals surface area contributed by atoms with Crippen molar-refractivity contribution in [3.8, 4) is 0 Å². The van der Waals surface area contributed by atoms with Crippen molar-refractivity contribution < 1.29 is 0 Å². The molecule has 0 radical (unpaired) electrons. The third kappa shape index (κ3) is 40.7. The second-order valence-corrected chi connectivity index (χ2v) is 25.7. The van der Waals surface area contributed by atoms with Crippen LogP contribution in [0.3, 0.4) is 0 Å². The van der Waals surface area contributed by atoms with Crippen LogP contribution in [0, 0.1) is 0 Å². The SMILES string of the molecule is CCCCCCCCCCCCCCCCCCCCCCCCCCCCCCCCCCCCCP(C)(C)(C)Cl. The van der Waals surface area contributed by atoms with Crippen LogP contribution in [0.5, 0.6) is 0 Å². The topological polar surface area (TPSA) is 0 Å². The Bertz CT molecular complexity index is 498. The fraction of sp³-hybridized carbons (Fsp3) is 1.00. The zero-order valence-corrected chi connectivity index (χ0v) is 31.9. The van der Waals surface area contributed by atoms with Crippen molar-refractivity contribution in [2.75, 3.05) is 26.2 Å². The third-order valence-corrected chi connectivity index (χ3v) is 11.9. The van der Waals surface area contributed by atoms with E-state index in [1.807, 2.05) is 0 Å². The van der Waals surface area contributed by atoms with E-state index in [1.165, 1.54) is 231 Å². The second kappa shape index (κ2) is 31.7. The average molecular weight is 632 g/mol. The summed E-state index contributed by atoms with van der Waals surface area (Å²) in [5.41, 5.74) is 0. The summed E-state index contributed by atoms with van der Waals surface area (Å²) >= 11 is 6.65. The van der Waals surface area contributed by atoms with Gasteiger partial charge < -0.3 is 0 Å². The van der Waals surface area contributed by atoms with E-state index < -0.39 is 5.96 Å². The molecule has 0 aromatic rings. The molecule has 0 bridgehead atoms. The van der Waals surface area contributed by atoms with E-state index in [0.717, 1.165) is 0 Å². The Morgan fingerprint density at radius 2 is 0.405 bits per heavy atom. The molecule has 0 rings (SSSR count). The molecular weight excluding hydrogens is 547 g/mol. The Morgan fingerprint density at radius 3 is 0.548 bits per heavy atom. The fourth-order valence-electron chi connectivity index (χ4n) is 6.55. The van der Waals surface area contributed by atoms with Crippen LogP contribution in [0.1, 0.15) is 232 Å². The van der Waals surface area contributed by atoms with Gasteiger partial charge in [0, 0.05) is 0 Å². The van der Waals surface area contributed by atoms with Crippen LogP contribution in [0.4, 0.5) is 0 Å². The van der Waals surface area contributed by atoms with Gasteiger partial charge >= 0.3 is 114 Å². The molecule has 0 fully saturated rings. The molecule has 0 aliphatic rings. The first kappa shape index (κ1) is 42.7. The van der Waals surface area contributed by atoms with Crippen LogP contribution in [-0.2, 0) is 0 Å². The molecule has 0 spiro atoms. The first-order valence-corrected chi connectivity index (χ1v) is 24.7. The van der Waals surface area contributed by atoms with Crippen molar-refractivity contribution in [3.05, 3.63) is 0 Å². The normalized spacial score (nSPS) is 13.0. The van der Waals surface area contributed by atoms with Crippen LogP contribution in [-0.4, -0.2) is 26.2 Å². The Labute approximate surface area is 274 Å². The Balaban J connectivity index is 3.07. The van der Waals surface area contributed by atoms with E-state index in [9.17, 15) is 0 Å². The minimum absolute atomic E-state index is 1.26. The predicted molar refractivity (Wildman–Crippen MR) is 203 cm³/mol. The van der Waals surface area contributed by atoms with E-state index >= 15 is 0 Å². The molecule has 0 heterocycles. The van der Waals surface area contributed by atoms with Gasteiger partial charge in [0.15, 0.2) is 0 Å². The van der Waals surface area contributed by atoms with E-state index in [2.05, 4.69) is 26.9 Å². The van der Waals surface area contributed by atoms with Gasteiger partial charge in [0.05, 0.1) is 0 Å². The average Bonchev–Trinajstić information content (AvgIpc) is 2.94. The molecule has 0 saturated carbocycles. The molecule has 256 valence electrons. The Kier molecular flexibility index (Phi) is 32.2. The standard InChI is InChI=1S/C40H84ClP/c1-5-6-7-8-9-10-11-12-13-14-15-16-17-18-19-20-21-22-23-24-25-26-27-28-29-30-31-32-33-34-35-36-37-38-39-40-42(2,3,4)41/h5-40H2,1-4H3. The molecule has 0 amide bonds. The van der Waals surface area contributed by atoms with Crippen molar-refractivity contribution >= 4 is 17.2 Å². The summed E-state index contributed by atoms with van der Waals surface area (Å²) in [4.78, 5) is 0. The van der Waals surface area contributed by atoms with Gasteiger partial charge in [-0.25, -0.2) is 0 Å². The molecule has 0 saturated heterocycles. The van der Waals surface area contributed by atoms with Crippen molar-refractivity contribution in [2.45, 2.75) is 232 Å². The maximum absolute atomic E-state index is 6.65. The molecule has 0 aliphatic heterocycles. The molecule has 0 nitrogen and oxygen atoms in total. The Hall–Kier alpha value is 0.720. The zero-order valence-electron chi connectivity index (χ0n) is 30.3. The molecule has 0 aliphatic carbocycles. The first-order chi connectivity index (χ1) is 20.3. The molecule has 0 atom stereocenters. The summed E-state index contributed by atoms with van der Waals surface area (Å²) in [5, 5.41) is 0. The molecule has 0 unspecified atom stereocenters. The summed E-state index contributed by atoms with van der Waals surface area (Å²) in [6.07, 6.45) is 52.7. The molecule has 42 heavy (non-hydrogen) atoms. The number of hydrogen-bond donors (Lipinski definition) is 0. The van der Waals surface area contributed by atoms with Crippen molar-refractivity contribution in [1.82, 2.24) is 0 Å². The number of rotatable bonds is 36. The van der Waals surface area contributed by atoms with Crippen LogP contribution in [0.2, 0.25) is 0 Å². The predicted octanol–water partition coefficient (Wildman–Crippen LogP) is 16.3. The van der Waals surface area contributed by atoms with Gasteiger partial charge in [0.2, 0.25) is 0 Å². The monoisotopic (exact) mass is 631 g/mol.